The Kier molecular flexibility index (Phi) is 5.22. The number of hydrogen-bond acceptors (Lipinski definition) is 5. The molecule has 0 radical (unpaired) electrons. The molecule has 1 saturated carbocycles. The van der Waals surface area contributed by atoms with Crippen LogP contribution in [0.4, 0.5) is 11.4 Å². The Labute approximate surface area is 165 Å². The van der Waals surface area contributed by atoms with Gasteiger partial charge in [0.1, 0.15) is 5.69 Å². The maximum Gasteiger partial charge on any atom is 0.294 e. The summed E-state index contributed by atoms with van der Waals surface area (Å²) < 4.78 is 2.33. The normalized spacial score (nSPS) is 20.7. The molecule has 140 valence electrons. The van der Waals surface area contributed by atoms with E-state index in [-0.39, 0.29) is 10.6 Å². The Morgan fingerprint density at radius 2 is 1.96 bits per heavy atom. The molecule has 2 aromatic heterocycles. The second-order valence-corrected chi connectivity index (χ2v) is 8.72. The average molecular weight is 400 g/mol. The Morgan fingerprint density at radius 1 is 1.15 bits per heavy atom. The molecule has 1 aliphatic carbocycles. The number of aromatic nitrogens is 1. The van der Waals surface area contributed by atoms with Gasteiger partial charge in [-0.2, -0.15) is 0 Å². The summed E-state index contributed by atoms with van der Waals surface area (Å²) in [5.41, 5.74) is 1.64. The first-order valence-corrected chi connectivity index (χ1v) is 10.9. The molecule has 27 heavy (non-hydrogen) atoms. The minimum atomic E-state index is -0.361. The molecule has 5 nitrogen and oxygen atoms in total. The molecular weight excluding hydrogens is 378 g/mol. The molecule has 4 rings (SSSR count). The van der Waals surface area contributed by atoms with E-state index in [4.69, 9.17) is 4.99 Å². The number of para-hydroxylation sites is 2. The van der Waals surface area contributed by atoms with Gasteiger partial charge in [0.05, 0.1) is 15.5 Å². The van der Waals surface area contributed by atoms with Crippen molar-refractivity contribution in [2.75, 3.05) is 0 Å². The summed E-state index contributed by atoms with van der Waals surface area (Å²) in [5.74, 6) is 0.566. The van der Waals surface area contributed by atoms with Gasteiger partial charge >= 0.3 is 0 Å². The molecular formula is C20H21N3O2S2. The van der Waals surface area contributed by atoms with E-state index in [0.29, 0.717) is 17.6 Å². The molecule has 1 aliphatic rings. The summed E-state index contributed by atoms with van der Waals surface area (Å²) in [4.78, 5) is 17.8. The molecule has 0 N–H and O–H groups in total. The molecule has 7 heteroatoms. The molecule has 0 bridgehead atoms. The summed E-state index contributed by atoms with van der Waals surface area (Å²) >= 11 is 3.28. The minimum absolute atomic E-state index is 0.0480. The van der Waals surface area contributed by atoms with Crippen LogP contribution in [0.15, 0.2) is 52.2 Å². The highest BCUT2D eigenvalue weighted by Crippen LogP contribution is 2.37. The maximum atomic E-state index is 11.4. The SMILES string of the molecule is CC1CCCCC1n1c(-c2cccs2)csc1=Nc1ccccc1[N+](=O)[O-]. The van der Waals surface area contributed by atoms with Crippen molar-refractivity contribution in [1.82, 2.24) is 4.57 Å². The zero-order valence-electron chi connectivity index (χ0n) is 15.1. The summed E-state index contributed by atoms with van der Waals surface area (Å²) in [5, 5.41) is 15.6. The van der Waals surface area contributed by atoms with E-state index >= 15 is 0 Å². The van der Waals surface area contributed by atoms with Gasteiger partial charge in [-0.3, -0.25) is 10.1 Å². The fourth-order valence-electron chi connectivity index (χ4n) is 3.82. The van der Waals surface area contributed by atoms with Crippen LogP contribution in [0.25, 0.3) is 10.6 Å². The third-order valence-electron chi connectivity index (χ3n) is 5.21. The topological polar surface area (TPSA) is 60.4 Å². The van der Waals surface area contributed by atoms with Gasteiger partial charge in [-0.25, -0.2) is 4.99 Å². The van der Waals surface area contributed by atoms with Crippen molar-refractivity contribution in [2.45, 2.75) is 38.6 Å². The lowest BCUT2D eigenvalue weighted by Gasteiger charge is -2.31. The molecule has 2 atom stereocenters. The Balaban J connectivity index is 1.90. The lowest BCUT2D eigenvalue weighted by atomic mass is 9.85. The fraction of sp³-hybridized carbons (Fsp3) is 0.350. The average Bonchev–Trinajstić information content (AvgIpc) is 3.32. The van der Waals surface area contributed by atoms with E-state index in [9.17, 15) is 10.1 Å². The quantitative estimate of drug-likeness (QED) is 0.389. The van der Waals surface area contributed by atoms with E-state index in [2.05, 4.69) is 34.4 Å². The van der Waals surface area contributed by atoms with Gasteiger partial charge in [-0.1, -0.05) is 38.0 Å². The number of benzene rings is 1. The van der Waals surface area contributed by atoms with Crippen LogP contribution in [0.2, 0.25) is 0 Å². The number of nitrogens with zero attached hydrogens (tertiary/aromatic N) is 3. The molecule has 0 saturated heterocycles. The van der Waals surface area contributed by atoms with E-state index < -0.39 is 0 Å². The van der Waals surface area contributed by atoms with Gasteiger partial charge in [0.15, 0.2) is 4.80 Å². The summed E-state index contributed by atoms with van der Waals surface area (Å²) in [7, 11) is 0. The van der Waals surface area contributed by atoms with E-state index in [0.717, 1.165) is 11.2 Å². The number of thiazole rings is 1. The molecule has 0 aliphatic heterocycles. The summed E-state index contributed by atoms with van der Waals surface area (Å²) in [6.07, 6.45) is 4.82. The lowest BCUT2D eigenvalue weighted by molar-refractivity contribution is -0.384. The number of thiophene rings is 1. The first-order chi connectivity index (χ1) is 13.1. The standard InChI is InChI=1S/C20H21N3O2S2/c1-14-7-2-4-9-16(14)22-18(19-11-6-12-26-19)13-27-20(22)21-15-8-3-5-10-17(15)23(24)25/h3,5-6,8,10-14,16H,2,4,7,9H2,1H3. The van der Waals surface area contributed by atoms with Crippen LogP contribution in [0, 0.1) is 16.0 Å². The second-order valence-electron chi connectivity index (χ2n) is 6.94. The predicted molar refractivity (Wildman–Crippen MR) is 111 cm³/mol. The fourth-order valence-corrected chi connectivity index (χ4v) is 5.59. The number of rotatable bonds is 4. The molecule has 0 amide bonds. The maximum absolute atomic E-state index is 11.4. The number of nitro groups is 1. The Hall–Kier alpha value is -2.25. The smallest absolute Gasteiger partial charge is 0.294 e. The van der Waals surface area contributed by atoms with Crippen molar-refractivity contribution >= 4 is 34.0 Å². The van der Waals surface area contributed by atoms with Gasteiger partial charge in [0, 0.05) is 17.5 Å². The van der Waals surface area contributed by atoms with E-state index in [1.165, 1.54) is 35.9 Å². The van der Waals surface area contributed by atoms with Crippen molar-refractivity contribution in [3.05, 3.63) is 62.1 Å². The van der Waals surface area contributed by atoms with Gasteiger partial charge in [-0.15, -0.1) is 22.7 Å². The lowest BCUT2D eigenvalue weighted by Crippen LogP contribution is -2.28. The zero-order valence-corrected chi connectivity index (χ0v) is 16.7. The highest BCUT2D eigenvalue weighted by molar-refractivity contribution is 7.14. The molecule has 1 fully saturated rings. The largest absolute Gasteiger partial charge is 0.312 e. The van der Waals surface area contributed by atoms with Crippen LogP contribution in [0.3, 0.4) is 0 Å². The van der Waals surface area contributed by atoms with Crippen LogP contribution in [0.1, 0.15) is 38.6 Å². The first-order valence-electron chi connectivity index (χ1n) is 9.17. The van der Waals surface area contributed by atoms with Gasteiger partial charge in [0.25, 0.3) is 5.69 Å². The first kappa shape index (κ1) is 18.1. The van der Waals surface area contributed by atoms with Gasteiger partial charge < -0.3 is 4.57 Å². The monoisotopic (exact) mass is 399 g/mol. The summed E-state index contributed by atoms with van der Waals surface area (Å²) in [6, 6.07) is 11.3. The van der Waals surface area contributed by atoms with Crippen LogP contribution < -0.4 is 4.80 Å². The van der Waals surface area contributed by atoms with Crippen molar-refractivity contribution in [3.63, 3.8) is 0 Å². The zero-order chi connectivity index (χ0) is 18.8. The molecule has 0 spiro atoms. The molecule has 3 aromatic rings. The Morgan fingerprint density at radius 3 is 2.70 bits per heavy atom. The third-order valence-corrected chi connectivity index (χ3v) is 6.94. The predicted octanol–water partition coefficient (Wildman–Crippen LogP) is 6.17. The van der Waals surface area contributed by atoms with Crippen LogP contribution in [-0.2, 0) is 0 Å². The number of hydrogen-bond donors (Lipinski definition) is 0. The second kappa shape index (κ2) is 7.78. The Bertz CT molecular complexity index is 1000. The van der Waals surface area contributed by atoms with Crippen LogP contribution >= 0.6 is 22.7 Å². The van der Waals surface area contributed by atoms with Gasteiger partial charge in [0.2, 0.25) is 0 Å². The van der Waals surface area contributed by atoms with Crippen LogP contribution in [-0.4, -0.2) is 9.49 Å². The van der Waals surface area contributed by atoms with Gasteiger partial charge in [-0.05, 0) is 36.3 Å². The van der Waals surface area contributed by atoms with Crippen molar-refractivity contribution < 1.29 is 4.92 Å². The van der Waals surface area contributed by atoms with Crippen molar-refractivity contribution in [3.8, 4) is 10.6 Å². The third kappa shape index (κ3) is 3.61. The van der Waals surface area contributed by atoms with Crippen molar-refractivity contribution in [2.24, 2.45) is 10.9 Å². The highest BCUT2D eigenvalue weighted by atomic mass is 32.1. The highest BCUT2D eigenvalue weighted by Gasteiger charge is 2.26. The summed E-state index contributed by atoms with van der Waals surface area (Å²) in [6.45, 7) is 2.31. The molecule has 2 unspecified atom stereocenters. The van der Waals surface area contributed by atoms with E-state index in [1.54, 1.807) is 40.9 Å². The van der Waals surface area contributed by atoms with Crippen molar-refractivity contribution in [1.29, 1.82) is 0 Å². The molecule has 1 aromatic carbocycles. The number of nitro benzene ring substituents is 1. The minimum Gasteiger partial charge on any atom is -0.312 e. The molecule has 2 heterocycles. The van der Waals surface area contributed by atoms with E-state index in [1.807, 2.05) is 0 Å². The van der Waals surface area contributed by atoms with Crippen LogP contribution in [0.5, 0.6) is 0 Å².